The highest BCUT2D eigenvalue weighted by Gasteiger charge is 2.27. The summed E-state index contributed by atoms with van der Waals surface area (Å²) >= 11 is 6.01. The van der Waals surface area contributed by atoms with Crippen LogP contribution in [0.4, 0.5) is 0 Å². The first kappa shape index (κ1) is 12.9. The molecule has 20 heavy (non-hydrogen) atoms. The highest BCUT2D eigenvalue weighted by molar-refractivity contribution is 6.30. The van der Waals surface area contributed by atoms with Gasteiger partial charge in [-0.2, -0.15) is 0 Å². The molecule has 0 saturated carbocycles. The molecule has 2 aliphatic rings. The van der Waals surface area contributed by atoms with Crippen LogP contribution in [0.1, 0.15) is 11.6 Å². The van der Waals surface area contributed by atoms with Crippen LogP contribution in [-0.2, 0) is 9.53 Å². The lowest BCUT2D eigenvalue weighted by Gasteiger charge is -2.18. The maximum atomic E-state index is 11.5. The molecule has 0 aromatic heterocycles. The number of halogens is 1. The molecule has 0 saturated heterocycles. The van der Waals surface area contributed by atoms with E-state index in [0.29, 0.717) is 17.1 Å². The van der Waals surface area contributed by atoms with E-state index < -0.39 is 0 Å². The molecule has 0 radical (unpaired) electrons. The Morgan fingerprint density at radius 1 is 1.45 bits per heavy atom. The monoisotopic (exact) mass is 288 g/mol. The Morgan fingerprint density at radius 3 is 3.05 bits per heavy atom. The standard InChI is InChI=1S/C15H13ClN2O2/c1-20-15(19)11-5-6-14-17-13(9-18(14)8-11)10-3-2-4-12(16)7-10/h2-8,13H,9H2,1H3. The summed E-state index contributed by atoms with van der Waals surface area (Å²) in [6.07, 6.45) is 5.33. The van der Waals surface area contributed by atoms with Gasteiger partial charge in [0.1, 0.15) is 5.84 Å². The Balaban J connectivity index is 1.84. The number of ether oxygens (including phenoxy) is 1. The van der Waals surface area contributed by atoms with E-state index in [1.54, 1.807) is 12.3 Å². The number of benzene rings is 1. The van der Waals surface area contributed by atoms with Crippen LogP contribution in [0.25, 0.3) is 0 Å². The van der Waals surface area contributed by atoms with Gasteiger partial charge in [-0.1, -0.05) is 23.7 Å². The predicted molar refractivity (Wildman–Crippen MR) is 77.6 cm³/mol. The number of methoxy groups -OCH3 is 1. The molecule has 0 amide bonds. The van der Waals surface area contributed by atoms with Crippen molar-refractivity contribution in [2.75, 3.05) is 13.7 Å². The van der Waals surface area contributed by atoms with E-state index in [2.05, 4.69) is 4.99 Å². The zero-order chi connectivity index (χ0) is 14.1. The van der Waals surface area contributed by atoms with Crippen molar-refractivity contribution in [1.82, 2.24) is 4.90 Å². The average molecular weight is 289 g/mol. The summed E-state index contributed by atoms with van der Waals surface area (Å²) < 4.78 is 4.72. The largest absolute Gasteiger partial charge is 0.465 e. The summed E-state index contributed by atoms with van der Waals surface area (Å²) in [5.74, 6) is 0.508. The molecule has 4 nitrogen and oxygen atoms in total. The van der Waals surface area contributed by atoms with Gasteiger partial charge in [0.25, 0.3) is 0 Å². The minimum atomic E-state index is -0.341. The number of fused-ring (bicyclic) bond motifs is 1. The Hall–Kier alpha value is -2.07. The molecule has 5 heteroatoms. The number of hydrogen-bond donors (Lipinski definition) is 0. The number of rotatable bonds is 2. The summed E-state index contributed by atoms with van der Waals surface area (Å²) in [6.45, 7) is 0.695. The third-order valence-corrected chi connectivity index (χ3v) is 3.55. The zero-order valence-corrected chi connectivity index (χ0v) is 11.7. The van der Waals surface area contributed by atoms with Crippen LogP contribution in [0, 0.1) is 0 Å². The number of amidine groups is 1. The Kier molecular flexibility index (Phi) is 3.32. The maximum absolute atomic E-state index is 11.5. The molecule has 1 aromatic rings. The number of hydrogen-bond acceptors (Lipinski definition) is 4. The molecule has 1 aromatic carbocycles. The summed E-state index contributed by atoms with van der Waals surface area (Å²) in [5, 5.41) is 0.703. The summed E-state index contributed by atoms with van der Waals surface area (Å²) in [4.78, 5) is 18.1. The third kappa shape index (κ3) is 2.34. The minimum Gasteiger partial charge on any atom is -0.465 e. The van der Waals surface area contributed by atoms with Crippen molar-refractivity contribution < 1.29 is 9.53 Å². The minimum absolute atomic E-state index is 0.0293. The van der Waals surface area contributed by atoms with Crippen molar-refractivity contribution in [3.63, 3.8) is 0 Å². The van der Waals surface area contributed by atoms with E-state index in [0.717, 1.165) is 11.4 Å². The fourth-order valence-corrected chi connectivity index (χ4v) is 2.52. The summed E-state index contributed by atoms with van der Waals surface area (Å²) in [6, 6.07) is 7.72. The van der Waals surface area contributed by atoms with Crippen LogP contribution >= 0.6 is 11.6 Å². The molecule has 0 bridgehead atoms. The van der Waals surface area contributed by atoms with Gasteiger partial charge in [-0.25, -0.2) is 4.79 Å². The average Bonchev–Trinajstić information content (AvgIpc) is 2.89. The van der Waals surface area contributed by atoms with Crippen LogP contribution in [0.3, 0.4) is 0 Å². The molecular weight excluding hydrogens is 276 g/mol. The number of nitrogens with zero attached hydrogens (tertiary/aromatic N) is 2. The van der Waals surface area contributed by atoms with Crippen molar-refractivity contribution in [1.29, 1.82) is 0 Å². The van der Waals surface area contributed by atoms with E-state index in [9.17, 15) is 4.79 Å². The quantitative estimate of drug-likeness (QED) is 0.786. The van der Waals surface area contributed by atoms with Gasteiger partial charge in [0.15, 0.2) is 0 Å². The lowest BCUT2D eigenvalue weighted by Crippen LogP contribution is -2.25. The van der Waals surface area contributed by atoms with E-state index in [4.69, 9.17) is 16.3 Å². The van der Waals surface area contributed by atoms with Gasteiger partial charge >= 0.3 is 5.97 Å². The first-order valence-electron chi connectivity index (χ1n) is 6.25. The highest BCUT2D eigenvalue weighted by atomic mass is 35.5. The van der Waals surface area contributed by atoms with Gasteiger partial charge in [0, 0.05) is 11.2 Å². The molecule has 3 rings (SSSR count). The molecule has 1 atom stereocenters. The van der Waals surface area contributed by atoms with E-state index in [1.165, 1.54) is 7.11 Å². The summed E-state index contributed by atoms with van der Waals surface area (Å²) in [7, 11) is 1.37. The molecule has 0 fully saturated rings. The molecule has 2 heterocycles. The maximum Gasteiger partial charge on any atom is 0.339 e. The Labute approximate surface area is 122 Å². The molecule has 2 aliphatic heterocycles. The topological polar surface area (TPSA) is 41.9 Å². The lowest BCUT2D eigenvalue weighted by atomic mass is 10.1. The Morgan fingerprint density at radius 2 is 2.30 bits per heavy atom. The van der Waals surface area contributed by atoms with Crippen molar-refractivity contribution in [3.8, 4) is 0 Å². The zero-order valence-electron chi connectivity index (χ0n) is 10.9. The van der Waals surface area contributed by atoms with Crippen LogP contribution in [0.15, 0.2) is 53.2 Å². The van der Waals surface area contributed by atoms with Gasteiger partial charge < -0.3 is 9.64 Å². The first-order chi connectivity index (χ1) is 9.67. The van der Waals surface area contributed by atoms with Crippen LogP contribution in [0.2, 0.25) is 5.02 Å². The fraction of sp³-hybridized carbons (Fsp3) is 0.200. The smallest absolute Gasteiger partial charge is 0.339 e. The number of esters is 1. The van der Waals surface area contributed by atoms with Gasteiger partial charge in [-0.15, -0.1) is 0 Å². The van der Waals surface area contributed by atoms with Crippen molar-refractivity contribution >= 4 is 23.4 Å². The third-order valence-electron chi connectivity index (χ3n) is 3.31. The van der Waals surface area contributed by atoms with Crippen LogP contribution in [-0.4, -0.2) is 30.4 Å². The molecule has 1 unspecified atom stereocenters. The van der Waals surface area contributed by atoms with Gasteiger partial charge in [0.05, 0.1) is 25.3 Å². The fourth-order valence-electron chi connectivity index (χ4n) is 2.32. The van der Waals surface area contributed by atoms with E-state index in [-0.39, 0.29) is 12.0 Å². The number of carbonyl (C=O) groups is 1. The predicted octanol–water partition coefficient (Wildman–Crippen LogP) is 2.72. The number of carbonyl (C=O) groups excluding carboxylic acids is 1. The van der Waals surface area contributed by atoms with Crippen molar-refractivity contribution in [2.24, 2.45) is 4.99 Å². The Bertz CT molecular complexity index is 649. The molecule has 0 N–H and O–H groups in total. The molecule has 102 valence electrons. The van der Waals surface area contributed by atoms with E-state index in [1.807, 2.05) is 35.2 Å². The second kappa shape index (κ2) is 5.13. The summed E-state index contributed by atoms with van der Waals surface area (Å²) in [5.41, 5.74) is 1.60. The van der Waals surface area contributed by atoms with Gasteiger partial charge in [-0.05, 0) is 29.8 Å². The molecule has 0 spiro atoms. The molecular formula is C15H13ClN2O2. The van der Waals surface area contributed by atoms with Gasteiger partial charge in [-0.3, -0.25) is 4.99 Å². The number of aliphatic imine (C=N–C) groups is 1. The first-order valence-corrected chi connectivity index (χ1v) is 6.63. The van der Waals surface area contributed by atoms with Crippen molar-refractivity contribution in [2.45, 2.75) is 6.04 Å². The second-order valence-corrected chi connectivity index (χ2v) is 5.06. The van der Waals surface area contributed by atoms with Crippen LogP contribution < -0.4 is 0 Å². The van der Waals surface area contributed by atoms with Crippen molar-refractivity contribution in [3.05, 3.63) is 58.8 Å². The molecule has 0 aliphatic carbocycles. The second-order valence-electron chi connectivity index (χ2n) is 4.62. The SMILES string of the molecule is COC(=O)C1=CN2CC(c3cccc(Cl)c3)N=C2C=C1. The van der Waals surface area contributed by atoms with Crippen LogP contribution in [0.5, 0.6) is 0 Å². The highest BCUT2D eigenvalue weighted by Crippen LogP contribution is 2.29. The van der Waals surface area contributed by atoms with Gasteiger partial charge in [0.2, 0.25) is 0 Å². The van der Waals surface area contributed by atoms with E-state index >= 15 is 0 Å². The lowest BCUT2D eigenvalue weighted by molar-refractivity contribution is -0.135. The normalized spacial score (nSPS) is 20.3.